The van der Waals surface area contributed by atoms with E-state index in [-0.39, 0.29) is 0 Å². The van der Waals surface area contributed by atoms with Crippen LogP contribution in [0.15, 0.2) is 15.9 Å². The molecular formula is C11H17BrN2S. The molecule has 0 spiro atoms. The summed E-state index contributed by atoms with van der Waals surface area (Å²) >= 11 is 5.29. The lowest BCUT2D eigenvalue weighted by atomic mass is 10.1. The van der Waals surface area contributed by atoms with Gasteiger partial charge < -0.3 is 10.2 Å². The van der Waals surface area contributed by atoms with Gasteiger partial charge in [0.25, 0.3) is 0 Å². The van der Waals surface area contributed by atoms with E-state index in [1.165, 1.54) is 28.9 Å². The smallest absolute Gasteiger partial charge is 0.0300 e. The van der Waals surface area contributed by atoms with Gasteiger partial charge in [0.05, 0.1) is 0 Å². The predicted molar refractivity (Wildman–Crippen MR) is 69.3 cm³/mol. The second-order valence-electron chi connectivity index (χ2n) is 4.28. The summed E-state index contributed by atoms with van der Waals surface area (Å²) in [7, 11) is 2.20. The lowest BCUT2D eigenvalue weighted by molar-refractivity contribution is 0.388. The first-order valence-corrected chi connectivity index (χ1v) is 7.03. The quantitative estimate of drug-likeness (QED) is 0.916. The Bertz CT molecular complexity index is 313. The molecule has 84 valence electrons. The molecule has 2 nitrogen and oxygen atoms in total. The molecular weight excluding hydrogens is 272 g/mol. The van der Waals surface area contributed by atoms with Crippen molar-refractivity contribution in [2.45, 2.75) is 13.0 Å². The van der Waals surface area contributed by atoms with Crippen molar-refractivity contribution in [1.29, 1.82) is 0 Å². The normalized spacial score (nSPS) is 22.4. The molecule has 0 aromatic carbocycles. The molecule has 2 rings (SSSR count). The topological polar surface area (TPSA) is 15.3 Å². The molecule has 1 aromatic rings. The molecule has 0 saturated carbocycles. The monoisotopic (exact) mass is 288 g/mol. The molecule has 0 amide bonds. The lowest BCUT2D eigenvalue weighted by Gasteiger charge is -2.10. The summed E-state index contributed by atoms with van der Waals surface area (Å²) in [5, 5.41) is 5.68. The van der Waals surface area contributed by atoms with Crippen molar-refractivity contribution in [3.63, 3.8) is 0 Å². The second kappa shape index (κ2) is 5.43. The minimum absolute atomic E-state index is 0.846. The van der Waals surface area contributed by atoms with Crippen LogP contribution in [0.1, 0.15) is 11.3 Å². The van der Waals surface area contributed by atoms with Crippen LogP contribution in [0.2, 0.25) is 0 Å². The molecule has 1 unspecified atom stereocenters. The summed E-state index contributed by atoms with van der Waals surface area (Å²) in [5.41, 5.74) is 0. The van der Waals surface area contributed by atoms with E-state index in [2.05, 4.69) is 44.6 Å². The predicted octanol–water partition coefficient (Wildman–Crippen LogP) is 2.55. The van der Waals surface area contributed by atoms with Gasteiger partial charge in [-0.3, -0.25) is 0 Å². The van der Waals surface area contributed by atoms with Crippen molar-refractivity contribution < 1.29 is 0 Å². The summed E-state index contributed by atoms with van der Waals surface area (Å²) in [6, 6.07) is 2.19. The zero-order valence-electron chi connectivity index (χ0n) is 9.00. The number of nitrogens with zero attached hydrogens (tertiary/aromatic N) is 1. The maximum atomic E-state index is 3.54. The summed E-state index contributed by atoms with van der Waals surface area (Å²) in [6.45, 7) is 4.67. The highest BCUT2D eigenvalue weighted by atomic mass is 79.9. The third kappa shape index (κ3) is 3.55. The fourth-order valence-electron chi connectivity index (χ4n) is 2.04. The van der Waals surface area contributed by atoms with E-state index in [1.807, 2.05) is 11.3 Å². The van der Waals surface area contributed by atoms with Crippen LogP contribution in [0.5, 0.6) is 0 Å². The highest BCUT2D eigenvalue weighted by Crippen LogP contribution is 2.19. The van der Waals surface area contributed by atoms with Gasteiger partial charge in [-0.05, 0) is 54.5 Å². The van der Waals surface area contributed by atoms with Gasteiger partial charge in [-0.2, -0.15) is 0 Å². The third-order valence-electron chi connectivity index (χ3n) is 2.84. The number of hydrogen-bond acceptors (Lipinski definition) is 3. The van der Waals surface area contributed by atoms with Gasteiger partial charge in [-0.15, -0.1) is 11.3 Å². The number of halogens is 1. The Morgan fingerprint density at radius 2 is 2.53 bits per heavy atom. The van der Waals surface area contributed by atoms with Crippen LogP contribution < -0.4 is 5.32 Å². The molecule has 1 aliphatic rings. The fraction of sp³-hybridized carbons (Fsp3) is 0.636. The van der Waals surface area contributed by atoms with E-state index in [9.17, 15) is 0 Å². The summed E-state index contributed by atoms with van der Waals surface area (Å²) in [4.78, 5) is 3.82. The number of rotatable bonds is 4. The van der Waals surface area contributed by atoms with Gasteiger partial charge >= 0.3 is 0 Å². The van der Waals surface area contributed by atoms with Crippen LogP contribution in [-0.4, -0.2) is 31.6 Å². The van der Waals surface area contributed by atoms with Gasteiger partial charge in [-0.1, -0.05) is 0 Å². The molecule has 15 heavy (non-hydrogen) atoms. The van der Waals surface area contributed by atoms with Crippen molar-refractivity contribution >= 4 is 27.3 Å². The average molecular weight is 289 g/mol. The SMILES string of the molecule is CN1CCC(CNCc2cc(Br)cs2)C1. The highest BCUT2D eigenvalue weighted by Gasteiger charge is 2.18. The fourth-order valence-corrected chi connectivity index (χ4v) is 3.46. The second-order valence-corrected chi connectivity index (χ2v) is 6.19. The van der Waals surface area contributed by atoms with E-state index >= 15 is 0 Å². The van der Waals surface area contributed by atoms with E-state index in [0.29, 0.717) is 0 Å². The Kier molecular flexibility index (Phi) is 4.20. The molecule has 1 N–H and O–H groups in total. The molecule has 1 saturated heterocycles. The minimum Gasteiger partial charge on any atom is -0.312 e. The van der Waals surface area contributed by atoms with E-state index in [0.717, 1.165) is 19.0 Å². The minimum atomic E-state index is 0.846. The molecule has 2 heterocycles. The van der Waals surface area contributed by atoms with E-state index in [4.69, 9.17) is 0 Å². The van der Waals surface area contributed by atoms with Crippen LogP contribution in [0.25, 0.3) is 0 Å². The first-order chi connectivity index (χ1) is 7.24. The largest absolute Gasteiger partial charge is 0.312 e. The molecule has 0 aliphatic carbocycles. The van der Waals surface area contributed by atoms with Crippen molar-refractivity contribution in [3.05, 3.63) is 20.8 Å². The van der Waals surface area contributed by atoms with E-state index < -0.39 is 0 Å². The summed E-state index contributed by atoms with van der Waals surface area (Å²) in [6.07, 6.45) is 1.34. The van der Waals surface area contributed by atoms with Crippen molar-refractivity contribution in [2.24, 2.45) is 5.92 Å². The Morgan fingerprint density at radius 3 is 3.13 bits per heavy atom. The number of hydrogen-bond donors (Lipinski definition) is 1. The Hall–Kier alpha value is 0.1000. The molecule has 1 aliphatic heterocycles. The van der Waals surface area contributed by atoms with Gasteiger partial charge in [0, 0.05) is 27.8 Å². The molecule has 1 fully saturated rings. The number of likely N-dealkylation sites (tertiary alicyclic amines) is 1. The average Bonchev–Trinajstić information content (AvgIpc) is 2.76. The number of nitrogens with one attached hydrogen (secondary N) is 1. The van der Waals surface area contributed by atoms with Gasteiger partial charge in [-0.25, -0.2) is 0 Å². The van der Waals surface area contributed by atoms with Crippen molar-refractivity contribution in [3.8, 4) is 0 Å². The zero-order valence-corrected chi connectivity index (χ0v) is 11.4. The van der Waals surface area contributed by atoms with Crippen molar-refractivity contribution in [2.75, 3.05) is 26.7 Å². The molecule has 1 atom stereocenters. The van der Waals surface area contributed by atoms with E-state index in [1.54, 1.807) is 0 Å². The summed E-state index contributed by atoms with van der Waals surface area (Å²) < 4.78 is 1.20. The molecule has 1 aromatic heterocycles. The third-order valence-corrected chi connectivity index (χ3v) is 4.54. The number of thiophene rings is 1. The van der Waals surface area contributed by atoms with Crippen LogP contribution in [0.4, 0.5) is 0 Å². The zero-order chi connectivity index (χ0) is 10.7. The first kappa shape index (κ1) is 11.6. The maximum absolute atomic E-state index is 3.54. The van der Waals surface area contributed by atoms with Crippen LogP contribution >= 0.6 is 27.3 Å². The van der Waals surface area contributed by atoms with Crippen LogP contribution in [0.3, 0.4) is 0 Å². The summed E-state index contributed by atoms with van der Waals surface area (Å²) in [5.74, 6) is 0.846. The standard InChI is InChI=1S/C11H17BrN2S/c1-14-3-2-9(7-14)5-13-6-11-4-10(12)8-15-11/h4,8-9,13H,2-3,5-7H2,1H3. The molecule has 4 heteroatoms. The maximum Gasteiger partial charge on any atom is 0.0300 e. The van der Waals surface area contributed by atoms with Gasteiger partial charge in [0.1, 0.15) is 0 Å². The van der Waals surface area contributed by atoms with Crippen molar-refractivity contribution in [1.82, 2.24) is 10.2 Å². The van der Waals surface area contributed by atoms with Gasteiger partial charge in [0.2, 0.25) is 0 Å². The Balaban J connectivity index is 1.67. The first-order valence-electron chi connectivity index (χ1n) is 5.36. The Morgan fingerprint density at radius 1 is 1.67 bits per heavy atom. The van der Waals surface area contributed by atoms with Gasteiger partial charge in [0.15, 0.2) is 0 Å². The molecule has 0 bridgehead atoms. The lowest BCUT2D eigenvalue weighted by Crippen LogP contribution is -2.24. The molecule has 0 radical (unpaired) electrons. The highest BCUT2D eigenvalue weighted by molar-refractivity contribution is 9.10. The van der Waals surface area contributed by atoms with Crippen LogP contribution in [-0.2, 0) is 6.54 Å². The Labute approximate surface area is 104 Å². The van der Waals surface area contributed by atoms with Crippen LogP contribution in [0, 0.1) is 5.92 Å².